The lowest BCUT2D eigenvalue weighted by Gasteiger charge is -2.06. The van der Waals surface area contributed by atoms with Crippen LogP contribution in [0.4, 0.5) is 0 Å². The molecule has 2 N–H and O–H groups in total. The van der Waals surface area contributed by atoms with Crippen LogP contribution in [0, 0.1) is 11.3 Å². The topological polar surface area (TPSA) is 98.4 Å². The van der Waals surface area contributed by atoms with Gasteiger partial charge in [0, 0.05) is 0 Å². The van der Waals surface area contributed by atoms with Crippen LogP contribution in [0.2, 0.25) is 0 Å². The average Bonchev–Trinajstić information content (AvgIpc) is 2.18. The lowest BCUT2D eigenvalue weighted by Crippen LogP contribution is -2.20. The zero-order valence-electron chi connectivity index (χ0n) is 7.54. The second kappa shape index (κ2) is 4.24. The Bertz CT molecular complexity index is 416. The molecule has 0 heterocycles. The third-order valence-electron chi connectivity index (χ3n) is 1.87. The smallest absolute Gasteiger partial charge is 0.322 e. The van der Waals surface area contributed by atoms with Gasteiger partial charge in [0.1, 0.15) is 0 Å². The van der Waals surface area contributed by atoms with Crippen LogP contribution in [0.15, 0.2) is 24.3 Å². The maximum absolute atomic E-state index is 10.7. The molecule has 5 heteroatoms. The highest BCUT2D eigenvalue weighted by Gasteiger charge is 2.27. The molecule has 0 radical (unpaired) electrons. The third kappa shape index (κ3) is 2.31. The molecule has 15 heavy (non-hydrogen) atoms. The van der Waals surface area contributed by atoms with Gasteiger partial charge in [0.15, 0.2) is 5.92 Å². The highest BCUT2D eigenvalue weighted by molar-refractivity contribution is 5.98. The Kier molecular flexibility index (Phi) is 3.03. The summed E-state index contributed by atoms with van der Waals surface area (Å²) in [4.78, 5) is 21.3. The summed E-state index contributed by atoms with van der Waals surface area (Å²) in [6.45, 7) is 0. The van der Waals surface area contributed by atoms with E-state index < -0.39 is 17.9 Å². The molecule has 0 saturated carbocycles. The number of benzene rings is 1. The van der Waals surface area contributed by atoms with Crippen molar-refractivity contribution >= 4 is 11.9 Å². The number of hydrogen-bond donors (Lipinski definition) is 2. The van der Waals surface area contributed by atoms with Crippen LogP contribution < -0.4 is 0 Å². The van der Waals surface area contributed by atoms with E-state index in [1.54, 1.807) is 0 Å². The highest BCUT2D eigenvalue weighted by atomic mass is 16.4. The summed E-state index contributed by atoms with van der Waals surface area (Å²) in [6, 6.07) is 7.27. The fourth-order valence-corrected chi connectivity index (χ4v) is 1.14. The molecule has 0 fully saturated rings. The van der Waals surface area contributed by atoms with Crippen molar-refractivity contribution in [2.75, 3.05) is 0 Å². The Morgan fingerprint density at radius 1 is 1.13 bits per heavy atom. The normalized spacial score (nSPS) is 9.60. The first-order valence-corrected chi connectivity index (χ1v) is 4.02. The van der Waals surface area contributed by atoms with E-state index in [1.165, 1.54) is 24.3 Å². The molecule has 0 saturated heterocycles. The number of hydrogen-bond acceptors (Lipinski definition) is 3. The van der Waals surface area contributed by atoms with Gasteiger partial charge in [0.2, 0.25) is 0 Å². The standard InChI is InChI=1S/C10H7NO4/c11-5-6-1-3-7(4-2-6)8(9(12)13)10(14)15/h1-4,8H,(H,12,13)(H,14,15). The monoisotopic (exact) mass is 205 g/mol. The molecule has 1 aromatic rings. The van der Waals surface area contributed by atoms with E-state index in [-0.39, 0.29) is 5.56 Å². The van der Waals surface area contributed by atoms with Gasteiger partial charge in [0.25, 0.3) is 0 Å². The number of aliphatic carboxylic acids is 2. The molecular weight excluding hydrogens is 198 g/mol. The largest absolute Gasteiger partial charge is 0.480 e. The van der Waals surface area contributed by atoms with E-state index in [9.17, 15) is 9.59 Å². The number of carboxylic acid groups (broad SMARTS) is 2. The predicted octanol–water partition coefficient (Wildman–Crippen LogP) is 0.811. The van der Waals surface area contributed by atoms with Crippen molar-refractivity contribution in [1.29, 1.82) is 5.26 Å². The van der Waals surface area contributed by atoms with Gasteiger partial charge < -0.3 is 10.2 Å². The molecule has 0 aliphatic rings. The van der Waals surface area contributed by atoms with E-state index in [2.05, 4.69) is 0 Å². The summed E-state index contributed by atoms with van der Waals surface area (Å²) in [6.07, 6.45) is 0. The molecule has 1 rings (SSSR count). The molecule has 0 bridgehead atoms. The van der Waals surface area contributed by atoms with Crippen molar-refractivity contribution in [2.24, 2.45) is 0 Å². The fourth-order valence-electron chi connectivity index (χ4n) is 1.14. The summed E-state index contributed by atoms with van der Waals surface area (Å²) in [5.41, 5.74) is 0.502. The van der Waals surface area contributed by atoms with Crippen LogP contribution in [0.5, 0.6) is 0 Å². The van der Waals surface area contributed by atoms with Crippen molar-refractivity contribution in [3.05, 3.63) is 35.4 Å². The predicted molar refractivity (Wildman–Crippen MR) is 49.2 cm³/mol. The molecule has 0 spiro atoms. The van der Waals surface area contributed by atoms with Crippen molar-refractivity contribution in [1.82, 2.24) is 0 Å². The van der Waals surface area contributed by atoms with Crippen LogP contribution in [0.1, 0.15) is 17.0 Å². The number of nitrogens with zero attached hydrogens (tertiary/aromatic N) is 1. The molecule has 76 valence electrons. The Morgan fingerprint density at radius 3 is 1.93 bits per heavy atom. The molecule has 5 nitrogen and oxygen atoms in total. The minimum Gasteiger partial charge on any atom is -0.480 e. The van der Waals surface area contributed by atoms with Gasteiger partial charge in [-0.2, -0.15) is 5.26 Å². The quantitative estimate of drug-likeness (QED) is 0.711. The van der Waals surface area contributed by atoms with Gasteiger partial charge in [-0.3, -0.25) is 9.59 Å². The minimum atomic E-state index is -1.59. The molecule has 1 aromatic carbocycles. The van der Waals surface area contributed by atoms with Crippen LogP contribution in [0.25, 0.3) is 0 Å². The summed E-state index contributed by atoms with van der Waals surface area (Å²) >= 11 is 0. The first-order valence-electron chi connectivity index (χ1n) is 4.02. The number of nitriles is 1. The van der Waals surface area contributed by atoms with E-state index in [1.807, 2.05) is 6.07 Å². The van der Waals surface area contributed by atoms with Gasteiger partial charge in [-0.15, -0.1) is 0 Å². The van der Waals surface area contributed by atoms with Gasteiger partial charge >= 0.3 is 11.9 Å². The van der Waals surface area contributed by atoms with E-state index in [0.29, 0.717) is 5.56 Å². The second-order valence-corrected chi connectivity index (χ2v) is 2.84. The first kappa shape index (κ1) is 10.7. The Morgan fingerprint density at radius 2 is 1.60 bits per heavy atom. The molecule has 0 unspecified atom stereocenters. The summed E-state index contributed by atoms with van der Waals surface area (Å²) in [7, 11) is 0. The maximum Gasteiger partial charge on any atom is 0.322 e. The minimum absolute atomic E-state index is 0.147. The van der Waals surface area contributed by atoms with E-state index in [0.717, 1.165) is 0 Å². The SMILES string of the molecule is N#Cc1ccc(C(C(=O)O)C(=O)O)cc1. The summed E-state index contributed by atoms with van der Waals surface area (Å²) in [5, 5.41) is 25.9. The van der Waals surface area contributed by atoms with Crippen LogP contribution in [-0.4, -0.2) is 22.2 Å². The number of carbonyl (C=O) groups is 2. The van der Waals surface area contributed by atoms with Gasteiger partial charge in [-0.25, -0.2) is 0 Å². The summed E-state index contributed by atoms with van der Waals surface area (Å²) in [5.74, 6) is -4.43. The highest BCUT2D eigenvalue weighted by Crippen LogP contribution is 2.16. The molecule has 0 aliphatic carbocycles. The molecule has 0 atom stereocenters. The van der Waals surface area contributed by atoms with Gasteiger partial charge in [-0.1, -0.05) is 12.1 Å². The van der Waals surface area contributed by atoms with E-state index >= 15 is 0 Å². The fraction of sp³-hybridized carbons (Fsp3) is 0.100. The molecule has 0 aliphatic heterocycles. The molecule has 0 amide bonds. The molecule has 0 aromatic heterocycles. The zero-order chi connectivity index (χ0) is 11.4. The summed E-state index contributed by atoms with van der Waals surface area (Å²) < 4.78 is 0. The van der Waals surface area contributed by atoms with Crippen LogP contribution in [0.3, 0.4) is 0 Å². The zero-order valence-corrected chi connectivity index (χ0v) is 7.54. The Balaban J connectivity index is 3.09. The number of rotatable bonds is 3. The van der Waals surface area contributed by atoms with E-state index in [4.69, 9.17) is 15.5 Å². The van der Waals surface area contributed by atoms with Crippen LogP contribution >= 0.6 is 0 Å². The van der Waals surface area contributed by atoms with Crippen LogP contribution in [-0.2, 0) is 9.59 Å². The van der Waals surface area contributed by atoms with Crippen molar-refractivity contribution < 1.29 is 19.8 Å². The lowest BCUT2D eigenvalue weighted by molar-refractivity contribution is -0.150. The van der Waals surface area contributed by atoms with Crippen molar-refractivity contribution in [3.63, 3.8) is 0 Å². The maximum atomic E-state index is 10.7. The van der Waals surface area contributed by atoms with Crippen molar-refractivity contribution in [3.8, 4) is 6.07 Å². The third-order valence-corrected chi connectivity index (χ3v) is 1.87. The first-order chi connectivity index (χ1) is 7.06. The number of carboxylic acids is 2. The lowest BCUT2D eigenvalue weighted by atomic mass is 9.98. The Hall–Kier alpha value is -2.35. The molecular formula is C10H7NO4. The second-order valence-electron chi connectivity index (χ2n) is 2.84. The average molecular weight is 205 g/mol. The van der Waals surface area contributed by atoms with Gasteiger partial charge in [-0.05, 0) is 17.7 Å². The van der Waals surface area contributed by atoms with Gasteiger partial charge in [0.05, 0.1) is 11.6 Å². The Labute approximate surface area is 85.2 Å². The van der Waals surface area contributed by atoms with Crippen molar-refractivity contribution in [2.45, 2.75) is 5.92 Å².